The molecule has 162 valence electrons. The van der Waals surface area contributed by atoms with Gasteiger partial charge in [-0.3, -0.25) is 4.99 Å². The van der Waals surface area contributed by atoms with Gasteiger partial charge in [-0.1, -0.05) is 12.1 Å². The van der Waals surface area contributed by atoms with Crippen molar-refractivity contribution in [1.82, 2.24) is 15.6 Å². The molecule has 0 aliphatic carbocycles. The molecule has 2 N–H and O–H groups in total. The number of hydrogen-bond donors (Lipinski definition) is 2. The molecule has 8 heteroatoms. The van der Waals surface area contributed by atoms with E-state index in [4.69, 9.17) is 0 Å². The number of aromatic nitrogens is 1. The van der Waals surface area contributed by atoms with Crippen LogP contribution in [0.4, 0.5) is 5.82 Å². The van der Waals surface area contributed by atoms with E-state index in [1.54, 1.807) is 13.1 Å². The molecule has 0 saturated carbocycles. The summed E-state index contributed by atoms with van der Waals surface area (Å²) in [4.78, 5) is 11.5. The second kappa shape index (κ2) is 9.93. The molecule has 0 unspecified atom stereocenters. The molecule has 30 heavy (non-hydrogen) atoms. The van der Waals surface area contributed by atoms with Crippen LogP contribution >= 0.6 is 0 Å². The first-order valence-corrected chi connectivity index (χ1v) is 12.2. The Kier molecular flexibility index (Phi) is 7.31. The van der Waals surface area contributed by atoms with Gasteiger partial charge in [0, 0.05) is 45.7 Å². The molecular weight excluding hydrogens is 398 g/mol. The van der Waals surface area contributed by atoms with Crippen LogP contribution in [-0.4, -0.2) is 45.8 Å². The number of benzene rings is 1. The fourth-order valence-electron chi connectivity index (χ4n) is 3.70. The second-order valence-electron chi connectivity index (χ2n) is 7.72. The summed E-state index contributed by atoms with van der Waals surface area (Å²) >= 11 is 0. The van der Waals surface area contributed by atoms with E-state index in [1.807, 2.05) is 31.3 Å². The fraction of sp³-hybridized carbons (Fsp3) is 0.455. The average molecular weight is 430 g/mol. The van der Waals surface area contributed by atoms with Crippen LogP contribution < -0.4 is 15.5 Å². The van der Waals surface area contributed by atoms with Gasteiger partial charge in [-0.25, -0.2) is 13.4 Å². The van der Waals surface area contributed by atoms with Crippen LogP contribution in [0, 0.1) is 6.92 Å². The first-order valence-electron chi connectivity index (χ1n) is 10.3. The molecule has 1 aromatic heterocycles. The number of anilines is 1. The van der Waals surface area contributed by atoms with Gasteiger partial charge >= 0.3 is 0 Å². The van der Waals surface area contributed by atoms with Gasteiger partial charge in [-0.15, -0.1) is 0 Å². The summed E-state index contributed by atoms with van der Waals surface area (Å²) < 4.78 is 23.5. The Bertz CT molecular complexity index is 998. The predicted molar refractivity (Wildman–Crippen MR) is 122 cm³/mol. The molecule has 1 saturated heterocycles. The van der Waals surface area contributed by atoms with Crippen LogP contribution in [0.15, 0.2) is 46.4 Å². The maximum atomic E-state index is 11.8. The SMILES string of the molecule is CN=C(NCc1ccnc(N2CCCCC2)c1)NCc1ccc(S(C)(=O)=O)c(C)c1. The van der Waals surface area contributed by atoms with E-state index in [-0.39, 0.29) is 0 Å². The van der Waals surface area contributed by atoms with E-state index in [1.165, 1.54) is 25.5 Å². The van der Waals surface area contributed by atoms with Crippen molar-refractivity contribution in [2.24, 2.45) is 4.99 Å². The Morgan fingerprint density at radius 2 is 1.73 bits per heavy atom. The van der Waals surface area contributed by atoms with E-state index in [9.17, 15) is 8.42 Å². The zero-order valence-electron chi connectivity index (χ0n) is 18.0. The van der Waals surface area contributed by atoms with Gasteiger partial charge in [0.2, 0.25) is 0 Å². The van der Waals surface area contributed by atoms with Crippen molar-refractivity contribution in [2.45, 2.75) is 44.2 Å². The molecule has 0 radical (unpaired) electrons. The zero-order valence-corrected chi connectivity index (χ0v) is 18.8. The number of pyridine rings is 1. The van der Waals surface area contributed by atoms with Gasteiger partial charge in [0.15, 0.2) is 15.8 Å². The third-order valence-corrected chi connectivity index (χ3v) is 6.53. The first kappa shape index (κ1) is 22.1. The highest BCUT2D eigenvalue weighted by atomic mass is 32.2. The molecule has 0 atom stereocenters. The molecule has 1 fully saturated rings. The van der Waals surface area contributed by atoms with Crippen molar-refractivity contribution in [2.75, 3.05) is 31.3 Å². The lowest BCUT2D eigenvalue weighted by Crippen LogP contribution is -2.36. The minimum atomic E-state index is -3.20. The lowest BCUT2D eigenvalue weighted by atomic mass is 10.1. The van der Waals surface area contributed by atoms with E-state index in [2.05, 4.69) is 31.6 Å². The predicted octanol–water partition coefficient (Wildman–Crippen LogP) is 2.65. The topological polar surface area (TPSA) is 86.7 Å². The molecule has 0 amide bonds. The van der Waals surface area contributed by atoms with Crippen molar-refractivity contribution >= 4 is 21.6 Å². The maximum Gasteiger partial charge on any atom is 0.191 e. The lowest BCUT2D eigenvalue weighted by Gasteiger charge is -2.28. The van der Waals surface area contributed by atoms with Crippen LogP contribution in [0.1, 0.15) is 36.0 Å². The number of rotatable bonds is 6. The van der Waals surface area contributed by atoms with Crippen molar-refractivity contribution < 1.29 is 8.42 Å². The van der Waals surface area contributed by atoms with E-state index in [0.717, 1.165) is 35.6 Å². The molecule has 3 rings (SSSR count). The normalized spacial score (nSPS) is 15.2. The number of sulfone groups is 1. The average Bonchev–Trinajstić information content (AvgIpc) is 2.74. The van der Waals surface area contributed by atoms with Crippen molar-refractivity contribution in [1.29, 1.82) is 0 Å². The number of aryl methyl sites for hydroxylation is 1. The molecule has 1 aliphatic heterocycles. The fourth-order valence-corrected chi connectivity index (χ4v) is 4.66. The molecule has 1 aliphatic rings. The largest absolute Gasteiger partial charge is 0.357 e. The van der Waals surface area contributed by atoms with E-state index in [0.29, 0.717) is 23.9 Å². The molecule has 0 spiro atoms. The minimum absolute atomic E-state index is 0.371. The molecule has 2 aromatic rings. The van der Waals surface area contributed by atoms with Crippen molar-refractivity contribution in [3.05, 3.63) is 53.2 Å². The van der Waals surface area contributed by atoms with Crippen LogP contribution in [0.5, 0.6) is 0 Å². The van der Waals surface area contributed by atoms with Gasteiger partial charge in [0.1, 0.15) is 5.82 Å². The Balaban J connectivity index is 1.56. The molecule has 0 bridgehead atoms. The Morgan fingerprint density at radius 1 is 1.07 bits per heavy atom. The van der Waals surface area contributed by atoms with Crippen molar-refractivity contribution in [3.8, 4) is 0 Å². The number of nitrogens with one attached hydrogen (secondary N) is 2. The van der Waals surface area contributed by atoms with E-state index < -0.39 is 9.84 Å². The molecule has 1 aromatic carbocycles. The molecule has 7 nitrogen and oxygen atoms in total. The summed E-state index contributed by atoms with van der Waals surface area (Å²) in [6, 6.07) is 9.54. The quantitative estimate of drug-likeness (QED) is 0.542. The Hall–Kier alpha value is -2.61. The van der Waals surface area contributed by atoms with Crippen LogP contribution in [0.3, 0.4) is 0 Å². The summed E-state index contributed by atoms with van der Waals surface area (Å²) in [5, 5.41) is 6.62. The summed E-state index contributed by atoms with van der Waals surface area (Å²) in [6.45, 7) is 5.17. The van der Waals surface area contributed by atoms with Crippen molar-refractivity contribution in [3.63, 3.8) is 0 Å². The standard InChI is InChI=1S/C22H31N5O2S/c1-17-13-18(7-8-20(17)30(3,28)29)15-25-22(23-2)26-16-19-9-10-24-21(14-19)27-11-5-4-6-12-27/h7-10,13-14H,4-6,11-12,15-16H2,1-3H3,(H2,23,25,26). The van der Waals surface area contributed by atoms with E-state index >= 15 is 0 Å². The van der Waals surface area contributed by atoms with Gasteiger partial charge in [-0.05, 0) is 61.1 Å². The van der Waals surface area contributed by atoms with Gasteiger partial charge in [0.25, 0.3) is 0 Å². The van der Waals surface area contributed by atoms with Crippen LogP contribution in [0.2, 0.25) is 0 Å². The summed E-state index contributed by atoms with van der Waals surface area (Å²) in [5.74, 6) is 1.73. The first-order chi connectivity index (χ1) is 14.4. The summed E-state index contributed by atoms with van der Waals surface area (Å²) in [5.41, 5.74) is 2.91. The number of piperidine rings is 1. The summed E-state index contributed by atoms with van der Waals surface area (Å²) in [6.07, 6.45) is 6.85. The second-order valence-corrected chi connectivity index (χ2v) is 9.71. The zero-order chi connectivity index (χ0) is 21.6. The maximum absolute atomic E-state index is 11.8. The lowest BCUT2D eigenvalue weighted by molar-refractivity contribution is 0.573. The van der Waals surface area contributed by atoms with Gasteiger partial charge in [0.05, 0.1) is 4.90 Å². The van der Waals surface area contributed by atoms with Crippen LogP contribution in [0.25, 0.3) is 0 Å². The third-order valence-electron chi connectivity index (χ3n) is 5.27. The number of hydrogen-bond acceptors (Lipinski definition) is 5. The summed E-state index contributed by atoms with van der Waals surface area (Å²) in [7, 11) is -1.47. The molecular formula is C22H31N5O2S. The Labute approximate surface area is 179 Å². The highest BCUT2D eigenvalue weighted by Gasteiger charge is 2.13. The highest BCUT2D eigenvalue weighted by molar-refractivity contribution is 7.90. The van der Waals surface area contributed by atoms with Gasteiger partial charge < -0.3 is 15.5 Å². The molecule has 2 heterocycles. The Morgan fingerprint density at radius 3 is 2.33 bits per heavy atom. The number of guanidine groups is 1. The van der Waals surface area contributed by atoms with Gasteiger partial charge in [-0.2, -0.15) is 0 Å². The third kappa shape index (κ3) is 5.95. The monoisotopic (exact) mass is 429 g/mol. The smallest absolute Gasteiger partial charge is 0.191 e. The highest BCUT2D eigenvalue weighted by Crippen LogP contribution is 2.18. The van der Waals surface area contributed by atoms with Crippen LogP contribution in [-0.2, 0) is 22.9 Å². The minimum Gasteiger partial charge on any atom is -0.357 e. The number of aliphatic imine (C=N–C) groups is 1. The number of nitrogens with zero attached hydrogens (tertiary/aromatic N) is 3.